The number of rotatable bonds is 2. The van der Waals surface area contributed by atoms with Crippen LogP contribution in [0.3, 0.4) is 0 Å². The van der Waals surface area contributed by atoms with E-state index < -0.39 is 16.6 Å². The number of nitrogens with two attached hydrogens (primary N) is 1. The van der Waals surface area contributed by atoms with Gasteiger partial charge in [-0.25, -0.2) is 13.8 Å². The van der Waals surface area contributed by atoms with Crippen LogP contribution in [-0.2, 0) is 0 Å². The second-order valence-corrected chi connectivity index (χ2v) is 4.40. The molecule has 0 fully saturated rings. The highest BCUT2D eigenvalue weighted by molar-refractivity contribution is 5.83. The smallest absolute Gasteiger partial charge is 0.271 e. The highest BCUT2D eigenvalue weighted by Crippen LogP contribution is 2.29. The lowest BCUT2D eigenvalue weighted by atomic mass is 10.1. The van der Waals surface area contributed by atoms with Crippen LogP contribution in [0.4, 0.5) is 20.2 Å². The van der Waals surface area contributed by atoms with E-state index in [2.05, 4.69) is 9.97 Å². The Bertz CT molecular complexity index is 837. The zero-order valence-corrected chi connectivity index (χ0v) is 10.4. The van der Waals surface area contributed by atoms with Crippen molar-refractivity contribution in [3.8, 4) is 11.4 Å². The predicted molar refractivity (Wildman–Crippen MR) is 72.5 cm³/mol. The van der Waals surface area contributed by atoms with Crippen LogP contribution in [0.25, 0.3) is 22.4 Å². The van der Waals surface area contributed by atoms with Crippen LogP contribution in [0.15, 0.2) is 30.3 Å². The standard InChI is InChI=1S/C13H8F2N4O2/c14-8-4-11-12(5-9(8)15)18-13(17-11)7-2-1-6(19(20)21)3-10(7)16/h1-5H,16H2,(H,17,18). The first-order valence-electron chi connectivity index (χ1n) is 5.85. The average Bonchev–Trinajstić information content (AvgIpc) is 2.81. The zero-order valence-electron chi connectivity index (χ0n) is 10.4. The molecule has 0 bridgehead atoms. The molecule has 0 spiro atoms. The molecule has 0 aliphatic heterocycles. The Morgan fingerprint density at radius 1 is 1.19 bits per heavy atom. The number of halogens is 2. The van der Waals surface area contributed by atoms with E-state index in [0.29, 0.717) is 11.1 Å². The summed E-state index contributed by atoms with van der Waals surface area (Å²) < 4.78 is 26.3. The Morgan fingerprint density at radius 3 is 2.57 bits per heavy atom. The molecule has 0 atom stereocenters. The summed E-state index contributed by atoms with van der Waals surface area (Å²) in [6.07, 6.45) is 0. The largest absolute Gasteiger partial charge is 0.398 e. The lowest BCUT2D eigenvalue weighted by molar-refractivity contribution is -0.384. The molecule has 6 nitrogen and oxygen atoms in total. The summed E-state index contributed by atoms with van der Waals surface area (Å²) >= 11 is 0. The molecular weight excluding hydrogens is 282 g/mol. The summed E-state index contributed by atoms with van der Waals surface area (Å²) in [4.78, 5) is 17.0. The van der Waals surface area contributed by atoms with Gasteiger partial charge < -0.3 is 10.7 Å². The van der Waals surface area contributed by atoms with E-state index in [-0.39, 0.29) is 22.7 Å². The first-order chi connectivity index (χ1) is 9.95. The molecule has 0 saturated heterocycles. The summed E-state index contributed by atoms with van der Waals surface area (Å²) in [5, 5.41) is 10.7. The van der Waals surface area contributed by atoms with Gasteiger partial charge in [-0.1, -0.05) is 0 Å². The maximum absolute atomic E-state index is 13.2. The molecule has 3 rings (SSSR count). The number of hydrogen-bond donors (Lipinski definition) is 2. The van der Waals surface area contributed by atoms with Gasteiger partial charge >= 0.3 is 0 Å². The van der Waals surface area contributed by atoms with Crippen molar-refractivity contribution < 1.29 is 13.7 Å². The molecule has 21 heavy (non-hydrogen) atoms. The minimum Gasteiger partial charge on any atom is -0.398 e. The zero-order chi connectivity index (χ0) is 15.1. The summed E-state index contributed by atoms with van der Waals surface area (Å²) in [6, 6.07) is 5.86. The van der Waals surface area contributed by atoms with Crippen molar-refractivity contribution in [1.82, 2.24) is 9.97 Å². The molecule has 8 heteroatoms. The number of aromatic amines is 1. The van der Waals surface area contributed by atoms with Gasteiger partial charge in [0.2, 0.25) is 0 Å². The van der Waals surface area contributed by atoms with E-state index >= 15 is 0 Å². The van der Waals surface area contributed by atoms with E-state index in [4.69, 9.17) is 5.73 Å². The Labute approximate surface area is 116 Å². The second-order valence-electron chi connectivity index (χ2n) is 4.40. The van der Waals surface area contributed by atoms with Gasteiger partial charge in [0, 0.05) is 35.5 Å². The highest BCUT2D eigenvalue weighted by atomic mass is 19.2. The predicted octanol–water partition coefficient (Wildman–Crippen LogP) is 3.00. The van der Waals surface area contributed by atoms with Crippen LogP contribution in [0.5, 0.6) is 0 Å². The molecule has 0 aliphatic rings. The number of anilines is 1. The number of nitrogen functional groups attached to an aromatic ring is 1. The van der Waals surface area contributed by atoms with Gasteiger partial charge in [-0.05, 0) is 6.07 Å². The van der Waals surface area contributed by atoms with Crippen molar-refractivity contribution in [2.24, 2.45) is 0 Å². The van der Waals surface area contributed by atoms with Gasteiger partial charge in [-0.15, -0.1) is 0 Å². The number of nitrogens with zero attached hydrogens (tertiary/aromatic N) is 2. The molecule has 0 radical (unpaired) electrons. The van der Waals surface area contributed by atoms with Crippen LogP contribution >= 0.6 is 0 Å². The Morgan fingerprint density at radius 2 is 1.90 bits per heavy atom. The number of aromatic nitrogens is 2. The second kappa shape index (κ2) is 4.51. The van der Waals surface area contributed by atoms with Crippen LogP contribution < -0.4 is 5.73 Å². The Kier molecular flexibility index (Phi) is 2.79. The third-order valence-electron chi connectivity index (χ3n) is 3.03. The molecule has 106 valence electrons. The van der Waals surface area contributed by atoms with Crippen molar-refractivity contribution in [3.05, 3.63) is 52.1 Å². The molecule has 3 N–H and O–H groups in total. The Balaban J connectivity index is 2.14. The number of benzene rings is 2. The van der Waals surface area contributed by atoms with Crippen molar-refractivity contribution in [3.63, 3.8) is 0 Å². The monoisotopic (exact) mass is 290 g/mol. The fourth-order valence-electron chi connectivity index (χ4n) is 2.01. The van der Waals surface area contributed by atoms with Crippen molar-refractivity contribution >= 4 is 22.4 Å². The molecule has 1 aromatic heterocycles. The number of fused-ring (bicyclic) bond motifs is 1. The summed E-state index contributed by atoms with van der Waals surface area (Å²) in [5.41, 5.74) is 6.71. The van der Waals surface area contributed by atoms with Gasteiger partial charge in [-0.3, -0.25) is 10.1 Å². The molecule has 0 unspecified atom stereocenters. The quantitative estimate of drug-likeness (QED) is 0.430. The summed E-state index contributed by atoms with van der Waals surface area (Å²) in [7, 11) is 0. The number of nitrogens with one attached hydrogen (secondary N) is 1. The average molecular weight is 290 g/mol. The lowest BCUT2D eigenvalue weighted by Gasteiger charge is -2.01. The van der Waals surface area contributed by atoms with Gasteiger partial charge in [-0.2, -0.15) is 0 Å². The van der Waals surface area contributed by atoms with E-state index in [9.17, 15) is 18.9 Å². The van der Waals surface area contributed by atoms with Gasteiger partial charge in [0.15, 0.2) is 11.6 Å². The maximum Gasteiger partial charge on any atom is 0.271 e. The fourth-order valence-corrected chi connectivity index (χ4v) is 2.01. The summed E-state index contributed by atoms with van der Waals surface area (Å²) in [6.45, 7) is 0. The van der Waals surface area contributed by atoms with E-state index in [0.717, 1.165) is 12.1 Å². The molecule has 3 aromatic rings. The molecular formula is C13H8F2N4O2. The fraction of sp³-hybridized carbons (Fsp3) is 0. The SMILES string of the molecule is Nc1cc([N+](=O)[O-])ccc1-c1nc2cc(F)c(F)cc2[nH]1. The van der Waals surface area contributed by atoms with E-state index in [1.807, 2.05) is 0 Å². The minimum atomic E-state index is -1.00. The van der Waals surface area contributed by atoms with Gasteiger partial charge in [0.25, 0.3) is 5.69 Å². The lowest BCUT2D eigenvalue weighted by Crippen LogP contribution is -1.94. The number of H-pyrrole nitrogens is 1. The summed E-state index contributed by atoms with van der Waals surface area (Å²) in [5.74, 6) is -1.71. The first-order valence-corrected chi connectivity index (χ1v) is 5.85. The van der Waals surface area contributed by atoms with E-state index in [1.165, 1.54) is 18.2 Å². The third kappa shape index (κ3) is 2.16. The van der Waals surface area contributed by atoms with Crippen molar-refractivity contribution in [2.75, 3.05) is 5.73 Å². The minimum absolute atomic E-state index is 0.143. The van der Waals surface area contributed by atoms with Crippen molar-refractivity contribution in [1.29, 1.82) is 0 Å². The molecule has 0 amide bonds. The number of imidazole rings is 1. The molecule has 0 aliphatic carbocycles. The first kappa shape index (κ1) is 13.0. The van der Waals surface area contributed by atoms with Crippen LogP contribution in [0, 0.1) is 21.7 Å². The highest BCUT2D eigenvalue weighted by Gasteiger charge is 2.14. The topological polar surface area (TPSA) is 97.8 Å². The van der Waals surface area contributed by atoms with Crippen LogP contribution in [0.2, 0.25) is 0 Å². The molecule has 1 heterocycles. The van der Waals surface area contributed by atoms with Gasteiger partial charge in [0.1, 0.15) is 5.82 Å². The van der Waals surface area contributed by atoms with Crippen LogP contribution in [0.1, 0.15) is 0 Å². The number of nitro groups is 1. The van der Waals surface area contributed by atoms with Crippen LogP contribution in [-0.4, -0.2) is 14.9 Å². The number of non-ortho nitro benzene ring substituents is 1. The molecule has 0 saturated carbocycles. The number of hydrogen-bond acceptors (Lipinski definition) is 4. The molecule has 2 aromatic carbocycles. The van der Waals surface area contributed by atoms with Gasteiger partial charge in [0.05, 0.1) is 16.0 Å². The number of nitro benzene ring substituents is 1. The maximum atomic E-state index is 13.2. The Hall–Kier alpha value is -3.03. The van der Waals surface area contributed by atoms with Crippen molar-refractivity contribution in [2.45, 2.75) is 0 Å². The van der Waals surface area contributed by atoms with E-state index in [1.54, 1.807) is 0 Å². The third-order valence-corrected chi connectivity index (χ3v) is 3.03. The normalized spacial score (nSPS) is 11.0.